The number of alkyl halides is 1. The van der Waals surface area contributed by atoms with Gasteiger partial charge in [-0.15, -0.1) is 11.6 Å². The Hall–Kier alpha value is 0.210. The molecule has 0 spiro atoms. The van der Waals surface area contributed by atoms with Gasteiger partial charge in [-0.2, -0.15) is 0 Å². The molecule has 2 aliphatic rings. The number of nitrogens with zero attached hydrogens (tertiary/aromatic N) is 1. The van der Waals surface area contributed by atoms with E-state index < -0.39 is 0 Å². The number of likely N-dealkylation sites (tertiary alicyclic amines) is 1. The van der Waals surface area contributed by atoms with Crippen LogP contribution in [-0.2, 0) is 4.74 Å². The van der Waals surface area contributed by atoms with E-state index >= 15 is 0 Å². The zero-order valence-electron chi connectivity index (χ0n) is 8.97. The first-order valence-electron chi connectivity index (χ1n) is 5.59. The third-order valence-electron chi connectivity index (χ3n) is 3.96. The molecule has 0 amide bonds. The van der Waals surface area contributed by atoms with Crippen LogP contribution in [0.25, 0.3) is 0 Å². The predicted molar refractivity (Wildman–Crippen MR) is 58.8 cm³/mol. The second-order valence-corrected chi connectivity index (χ2v) is 5.25. The molecule has 14 heavy (non-hydrogen) atoms. The zero-order chi connectivity index (χ0) is 10.0. The molecule has 0 aromatic heterocycles. The number of rotatable bonds is 3. The van der Waals surface area contributed by atoms with Gasteiger partial charge in [-0.05, 0) is 45.3 Å². The van der Waals surface area contributed by atoms with Crippen molar-refractivity contribution < 1.29 is 4.74 Å². The molecular weight excluding hydrogens is 198 g/mol. The van der Waals surface area contributed by atoms with Gasteiger partial charge >= 0.3 is 0 Å². The lowest BCUT2D eigenvalue weighted by Crippen LogP contribution is -2.51. The Bertz CT molecular complexity index is 186. The van der Waals surface area contributed by atoms with Crippen molar-refractivity contribution in [3.8, 4) is 0 Å². The summed E-state index contributed by atoms with van der Waals surface area (Å²) in [7, 11) is 2.21. The van der Waals surface area contributed by atoms with E-state index in [0.717, 1.165) is 31.4 Å². The average Bonchev–Trinajstić information content (AvgIpc) is 2.13. The number of hydrogen-bond donors (Lipinski definition) is 0. The second kappa shape index (κ2) is 4.38. The van der Waals surface area contributed by atoms with E-state index in [1.54, 1.807) is 0 Å². The lowest BCUT2D eigenvalue weighted by Gasteiger charge is -2.49. The van der Waals surface area contributed by atoms with Crippen molar-refractivity contribution >= 4 is 11.6 Å². The Kier molecular flexibility index (Phi) is 3.35. The van der Waals surface area contributed by atoms with Crippen LogP contribution in [0.1, 0.15) is 19.3 Å². The van der Waals surface area contributed by atoms with Crippen LogP contribution in [0.3, 0.4) is 0 Å². The predicted octanol–water partition coefficient (Wildman–Crippen LogP) is 1.97. The minimum atomic E-state index is 0.447. The Morgan fingerprint density at radius 3 is 2.43 bits per heavy atom. The molecule has 0 aromatic rings. The van der Waals surface area contributed by atoms with Crippen molar-refractivity contribution in [1.29, 1.82) is 0 Å². The van der Waals surface area contributed by atoms with Gasteiger partial charge in [0.25, 0.3) is 0 Å². The van der Waals surface area contributed by atoms with Crippen LogP contribution in [0.2, 0.25) is 0 Å². The van der Waals surface area contributed by atoms with Crippen molar-refractivity contribution in [1.82, 2.24) is 4.90 Å². The number of hydrogen-bond acceptors (Lipinski definition) is 2. The maximum atomic E-state index is 5.88. The van der Waals surface area contributed by atoms with Crippen LogP contribution in [0, 0.1) is 11.3 Å². The molecule has 0 N–H and O–H groups in total. The molecule has 2 heterocycles. The van der Waals surface area contributed by atoms with Gasteiger partial charge in [-0.3, -0.25) is 0 Å². The Morgan fingerprint density at radius 2 is 2.00 bits per heavy atom. The van der Waals surface area contributed by atoms with Crippen LogP contribution in [-0.4, -0.2) is 44.1 Å². The van der Waals surface area contributed by atoms with E-state index in [0.29, 0.717) is 5.41 Å². The summed E-state index contributed by atoms with van der Waals surface area (Å²) in [6, 6.07) is 0. The highest BCUT2D eigenvalue weighted by atomic mass is 35.5. The normalized spacial score (nSPS) is 28.7. The highest BCUT2D eigenvalue weighted by molar-refractivity contribution is 6.17. The first-order valence-corrected chi connectivity index (χ1v) is 6.12. The van der Waals surface area contributed by atoms with E-state index in [9.17, 15) is 0 Å². The fraction of sp³-hybridized carbons (Fsp3) is 1.00. The van der Waals surface area contributed by atoms with Crippen LogP contribution in [0.5, 0.6) is 0 Å². The molecule has 0 aliphatic carbocycles. The monoisotopic (exact) mass is 217 g/mol. The van der Waals surface area contributed by atoms with E-state index in [-0.39, 0.29) is 0 Å². The largest absolute Gasteiger partial charge is 0.380 e. The van der Waals surface area contributed by atoms with Crippen molar-refractivity contribution in [2.75, 3.05) is 39.2 Å². The third kappa shape index (κ3) is 1.93. The maximum Gasteiger partial charge on any atom is 0.0547 e. The Morgan fingerprint density at radius 1 is 1.36 bits per heavy atom. The molecule has 2 aliphatic heterocycles. The van der Waals surface area contributed by atoms with Gasteiger partial charge in [0.05, 0.1) is 13.2 Å². The minimum absolute atomic E-state index is 0.447. The number of halogens is 1. The quantitative estimate of drug-likeness (QED) is 0.671. The fourth-order valence-corrected chi connectivity index (χ4v) is 3.13. The van der Waals surface area contributed by atoms with Crippen LogP contribution >= 0.6 is 11.6 Å². The molecule has 0 bridgehead atoms. The van der Waals surface area contributed by atoms with Gasteiger partial charge in [-0.1, -0.05) is 0 Å². The number of piperidine rings is 1. The van der Waals surface area contributed by atoms with Crippen molar-refractivity contribution in [3.63, 3.8) is 0 Å². The van der Waals surface area contributed by atoms with Gasteiger partial charge in [0.2, 0.25) is 0 Å². The molecular formula is C11H20ClNO. The Balaban J connectivity index is 1.91. The van der Waals surface area contributed by atoms with Gasteiger partial charge in [-0.25, -0.2) is 0 Å². The number of ether oxygens (including phenoxy) is 1. The summed E-state index contributed by atoms with van der Waals surface area (Å²) < 4.78 is 5.40. The summed E-state index contributed by atoms with van der Waals surface area (Å²) in [5.41, 5.74) is 0.447. The van der Waals surface area contributed by atoms with Gasteiger partial charge in [0.1, 0.15) is 0 Å². The van der Waals surface area contributed by atoms with E-state index in [1.165, 1.54) is 25.9 Å². The molecule has 0 aromatic carbocycles. The molecule has 2 nitrogen and oxygen atoms in total. The average molecular weight is 218 g/mol. The Labute approximate surface area is 91.6 Å². The van der Waals surface area contributed by atoms with Gasteiger partial charge in [0, 0.05) is 11.3 Å². The van der Waals surface area contributed by atoms with Crippen LogP contribution in [0.4, 0.5) is 0 Å². The molecule has 0 atom stereocenters. The summed E-state index contributed by atoms with van der Waals surface area (Å²) >= 11 is 5.88. The molecule has 2 saturated heterocycles. The summed E-state index contributed by atoms with van der Waals surface area (Å²) in [4.78, 5) is 2.42. The first kappa shape index (κ1) is 10.7. The SMILES string of the molecule is CN1CCC(C2(CCCl)COC2)CC1. The standard InChI is InChI=1S/C11H20ClNO/c1-13-6-2-10(3-7-13)11(4-5-12)8-14-9-11/h10H,2-9H2,1H3. The molecule has 0 radical (unpaired) electrons. The lowest BCUT2D eigenvalue weighted by atomic mass is 9.68. The van der Waals surface area contributed by atoms with E-state index in [2.05, 4.69) is 11.9 Å². The smallest absolute Gasteiger partial charge is 0.0547 e. The highest BCUT2D eigenvalue weighted by Crippen LogP contribution is 2.44. The summed E-state index contributed by atoms with van der Waals surface area (Å²) in [5.74, 6) is 1.64. The maximum absolute atomic E-state index is 5.88. The fourth-order valence-electron chi connectivity index (χ4n) is 2.76. The molecule has 2 rings (SSSR count). The van der Waals surface area contributed by atoms with Crippen LogP contribution in [0.15, 0.2) is 0 Å². The summed E-state index contributed by atoms with van der Waals surface area (Å²) in [6.45, 7) is 4.39. The van der Waals surface area contributed by atoms with Gasteiger partial charge in [0.15, 0.2) is 0 Å². The van der Waals surface area contributed by atoms with Crippen molar-refractivity contribution in [3.05, 3.63) is 0 Å². The second-order valence-electron chi connectivity index (χ2n) is 4.87. The first-order chi connectivity index (χ1) is 6.77. The van der Waals surface area contributed by atoms with Crippen molar-refractivity contribution in [2.24, 2.45) is 11.3 Å². The van der Waals surface area contributed by atoms with E-state index in [1.807, 2.05) is 0 Å². The molecule has 0 unspecified atom stereocenters. The third-order valence-corrected chi connectivity index (χ3v) is 4.14. The van der Waals surface area contributed by atoms with Gasteiger partial charge < -0.3 is 9.64 Å². The highest BCUT2D eigenvalue weighted by Gasteiger charge is 2.45. The van der Waals surface area contributed by atoms with Crippen molar-refractivity contribution in [2.45, 2.75) is 19.3 Å². The molecule has 82 valence electrons. The molecule has 3 heteroatoms. The lowest BCUT2D eigenvalue weighted by molar-refractivity contribution is -0.156. The molecule has 0 saturated carbocycles. The minimum Gasteiger partial charge on any atom is -0.380 e. The molecule has 2 fully saturated rings. The topological polar surface area (TPSA) is 12.5 Å². The van der Waals surface area contributed by atoms with E-state index in [4.69, 9.17) is 16.3 Å². The summed E-state index contributed by atoms with van der Waals surface area (Å²) in [6.07, 6.45) is 3.80. The summed E-state index contributed by atoms with van der Waals surface area (Å²) in [5, 5.41) is 0. The van der Waals surface area contributed by atoms with Crippen LogP contribution < -0.4 is 0 Å². The zero-order valence-corrected chi connectivity index (χ0v) is 9.72.